The van der Waals surface area contributed by atoms with Crippen molar-refractivity contribution in [1.82, 2.24) is 15.2 Å². The summed E-state index contributed by atoms with van der Waals surface area (Å²) in [6, 6.07) is 3.23. The SMILES string of the molecule is C[Si](C)(C)CCOCN1CN=C(c2cn[nH]c2)c2cc[nH]c21. The zero-order valence-electron chi connectivity index (χ0n) is 13.4. The third kappa shape index (κ3) is 3.31. The Morgan fingerprint density at radius 1 is 1.36 bits per heavy atom. The molecular weight excluding hydrogens is 294 g/mol. The summed E-state index contributed by atoms with van der Waals surface area (Å²) in [5.74, 6) is 1.07. The predicted octanol–water partition coefficient (Wildman–Crippen LogP) is 2.67. The lowest BCUT2D eigenvalue weighted by molar-refractivity contribution is 0.146. The molecule has 0 aliphatic carbocycles. The third-order valence-electron chi connectivity index (χ3n) is 3.71. The molecule has 0 saturated heterocycles. The van der Waals surface area contributed by atoms with Crippen LogP contribution in [0, 0.1) is 0 Å². The molecule has 0 atom stereocenters. The van der Waals surface area contributed by atoms with Crippen molar-refractivity contribution in [3.05, 3.63) is 35.8 Å². The molecular formula is C15H23N5OSi. The van der Waals surface area contributed by atoms with Crippen LogP contribution in [-0.2, 0) is 4.74 Å². The van der Waals surface area contributed by atoms with Crippen LogP contribution in [0.3, 0.4) is 0 Å². The van der Waals surface area contributed by atoms with Crippen LogP contribution in [0.5, 0.6) is 0 Å². The summed E-state index contributed by atoms with van der Waals surface area (Å²) in [6.45, 7) is 9.08. The summed E-state index contributed by atoms with van der Waals surface area (Å²) in [6.07, 6.45) is 5.62. The van der Waals surface area contributed by atoms with Gasteiger partial charge in [-0.15, -0.1) is 0 Å². The Bertz CT molecular complexity index is 641. The van der Waals surface area contributed by atoms with Crippen LogP contribution < -0.4 is 4.90 Å². The number of aromatic amines is 2. The number of hydrogen-bond acceptors (Lipinski definition) is 4. The van der Waals surface area contributed by atoms with Crippen molar-refractivity contribution in [2.24, 2.45) is 4.99 Å². The van der Waals surface area contributed by atoms with Crippen LogP contribution >= 0.6 is 0 Å². The van der Waals surface area contributed by atoms with E-state index in [0.29, 0.717) is 13.4 Å². The quantitative estimate of drug-likeness (QED) is 0.636. The Morgan fingerprint density at radius 2 is 2.23 bits per heavy atom. The second-order valence-corrected chi connectivity index (χ2v) is 12.4. The third-order valence-corrected chi connectivity index (χ3v) is 5.42. The summed E-state index contributed by atoms with van der Waals surface area (Å²) < 4.78 is 5.85. The number of ether oxygens (including phenoxy) is 1. The van der Waals surface area contributed by atoms with Crippen LogP contribution in [0.2, 0.25) is 25.7 Å². The largest absolute Gasteiger partial charge is 0.361 e. The van der Waals surface area contributed by atoms with Gasteiger partial charge < -0.3 is 14.6 Å². The molecule has 0 bridgehead atoms. The minimum atomic E-state index is -1.04. The van der Waals surface area contributed by atoms with Gasteiger partial charge in [0, 0.05) is 38.2 Å². The van der Waals surface area contributed by atoms with Crippen molar-refractivity contribution < 1.29 is 4.74 Å². The highest BCUT2D eigenvalue weighted by molar-refractivity contribution is 6.76. The van der Waals surface area contributed by atoms with E-state index in [4.69, 9.17) is 4.74 Å². The van der Waals surface area contributed by atoms with Gasteiger partial charge in [-0.3, -0.25) is 10.1 Å². The fourth-order valence-electron chi connectivity index (χ4n) is 2.41. The summed E-state index contributed by atoms with van der Waals surface area (Å²) >= 11 is 0. The summed E-state index contributed by atoms with van der Waals surface area (Å²) in [5.41, 5.74) is 3.09. The maximum absolute atomic E-state index is 5.85. The van der Waals surface area contributed by atoms with Crippen molar-refractivity contribution in [3.63, 3.8) is 0 Å². The Hall–Kier alpha value is -1.86. The van der Waals surface area contributed by atoms with Gasteiger partial charge in [-0.2, -0.15) is 5.10 Å². The normalized spacial score (nSPS) is 14.9. The van der Waals surface area contributed by atoms with Gasteiger partial charge in [0.15, 0.2) is 0 Å². The molecule has 0 saturated carbocycles. The van der Waals surface area contributed by atoms with Gasteiger partial charge in [0.25, 0.3) is 0 Å². The molecule has 6 nitrogen and oxygen atoms in total. The smallest absolute Gasteiger partial charge is 0.121 e. The average Bonchev–Trinajstić information content (AvgIpc) is 3.13. The molecule has 3 rings (SSSR count). The second-order valence-electron chi connectivity index (χ2n) is 6.76. The predicted molar refractivity (Wildman–Crippen MR) is 91.3 cm³/mol. The Kier molecular flexibility index (Phi) is 4.17. The van der Waals surface area contributed by atoms with Gasteiger partial charge >= 0.3 is 0 Å². The molecule has 22 heavy (non-hydrogen) atoms. The molecule has 0 fully saturated rings. The molecule has 7 heteroatoms. The topological polar surface area (TPSA) is 69.3 Å². The standard InChI is InChI=1S/C15H23N5OSi/c1-22(2,3)7-6-21-11-20-10-17-14(12-8-18-19-9-12)13-4-5-16-15(13)20/h4-5,8-9,16H,6-7,10-11H2,1-3H3,(H,18,19). The highest BCUT2D eigenvalue weighted by atomic mass is 28.3. The summed E-state index contributed by atoms with van der Waals surface area (Å²) in [4.78, 5) is 10.1. The molecule has 0 amide bonds. The van der Waals surface area contributed by atoms with Gasteiger partial charge in [0.1, 0.15) is 19.2 Å². The van der Waals surface area contributed by atoms with E-state index >= 15 is 0 Å². The number of anilines is 1. The van der Waals surface area contributed by atoms with Crippen molar-refractivity contribution in [1.29, 1.82) is 0 Å². The van der Waals surface area contributed by atoms with E-state index in [0.717, 1.165) is 29.3 Å². The lowest BCUT2D eigenvalue weighted by atomic mass is 10.1. The van der Waals surface area contributed by atoms with Gasteiger partial charge in [-0.05, 0) is 12.1 Å². The number of H-pyrrole nitrogens is 2. The number of fused-ring (bicyclic) bond motifs is 1. The fourth-order valence-corrected chi connectivity index (χ4v) is 3.17. The van der Waals surface area contributed by atoms with Crippen LogP contribution in [0.15, 0.2) is 29.6 Å². The Morgan fingerprint density at radius 3 is 2.95 bits per heavy atom. The first-order valence-corrected chi connectivity index (χ1v) is 11.3. The maximum atomic E-state index is 5.85. The van der Waals surface area contributed by atoms with E-state index in [1.54, 1.807) is 6.20 Å². The number of rotatable bonds is 6. The van der Waals surface area contributed by atoms with Crippen LogP contribution in [0.1, 0.15) is 11.1 Å². The van der Waals surface area contributed by atoms with Crippen LogP contribution in [0.25, 0.3) is 0 Å². The van der Waals surface area contributed by atoms with E-state index in [9.17, 15) is 0 Å². The number of nitrogens with zero attached hydrogens (tertiary/aromatic N) is 3. The monoisotopic (exact) mass is 317 g/mol. The molecule has 1 aliphatic rings. The highest BCUT2D eigenvalue weighted by Crippen LogP contribution is 2.26. The molecule has 2 aromatic heterocycles. The minimum absolute atomic E-state index is 0.570. The minimum Gasteiger partial charge on any atom is -0.361 e. The van der Waals surface area contributed by atoms with Gasteiger partial charge in [0.05, 0.1) is 11.9 Å². The van der Waals surface area contributed by atoms with Crippen LogP contribution in [-0.4, -0.2) is 49.0 Å². The zero-order chi connectivity index (χ0) is 15.6. The molecule has 3 heterocycles. The lowest BCUT2D eigenvalue weighted by Gasteiger charge is -2.27. The number of aromatic nitrogens is 3. The van der Waals surface area contributed by atoms with Gasteiger partial charge in [-0.25, -0.2) is 0 Å². The average molecular weight is 317 g/mol. The number of aliphatic imine (C=N–C) groups is 1. The van der Waals surface area contributed by atoms with E-state index in [-0.39, 0.29) is 0 Å². The van der Waals surface area contributed by atoms with Crippen LogP contribution in [0.4, 0.5) is 5.82 Å². The number of hydrogen-bond donors (Lipinski definition) is 2. The first-order valence-electron chi connectivity index (χ1n) is 7.59. The molecule has 2 N–H and O–H groups in total. The van der Waals surface area contributed by atoms with E-state index in [1.165, 1.54) is 6.04 Å². The van der Waals surface area contributed by atoms with Crippen molar-refractivity contribution >= 4 is 19.6 Å². The molecule has 0 radical (unpaired) electrons. The summed E-state index contributed by atoms with van der Waals surface area (Å²) in [5, 5.41) is 6.85. The molecule has 118 valence electrons. The Labute approximate surface area is 131 Å². The van der Waals surface area contributed by atoms with Crippen molar-refractivity contribution in [2.45, 2.75) is 25.7 Å². The van der Waals surface area contributed by atoms with Gasteiger partial charge in [0.2, 0.25) is 0 Å². The van der Waals surface area contributed by atoms with Crippen molar-refractivity contribution in [3.8, 4) is 0 Å². The fraction of sp³-hybridized carbons (Fsp3) is 0.467. The molecule has 0 spiro atoms. The van der Waals surface area contributed by atoms with Gasteiger partial charge in [-0.1, -0.05) is 19.6 Å². The zero-order valence-corrected chi connectivity index (χ0v) is 14.4. The first-order chi connectivity index (χ1) is 10.5. The highest BCUT2D eigenvalue weighted by Gasteiger charge is 2.23. The number of nitrogens with one attached hydrogen (secondary N) is 2. The molecule has 0 unspecified atom stereocenters. The summed E-state index contributed by atoms with van der Waals surface area (Å²) in [7, 11) is -1.04. The first kappa shape index (κ1) is 15.0. The Balaban J connectivity index is 1.65. The van der Waals surface area contributed by atoms with Crippen molar-refractivity contribution in [2.75, 3.05) is 24.9 Å². The molecule has 0 aromatic carbocycles. The molecule has 2 aromatic rings. The van der Waals surface area contributed by atoms with E-state index < -0.39 is 8.07 Å². The van der Waals surface area contributed by atoms with E-state index in [2.05, 4.69) is 50.8 Å². The second kappa shape index (κ2) is 6.10. The van der Waals surface area contributed by atoms with E-state index in [1.807, 2.05) is 12.4 Å². The maximum Gasteiger partial charge on any atom is 0.121 e. The molecule has 1 aliphatic heterocycles. The lowest BCUT2D eigenvalue weighted by Crippen LogP contribution is -2.33.